The summed E-state index contributed by atoms with van der Waals surface area (Å²) < 4.78 is 20.6. The molecule has 134 valence electrons. The summed E-state index contributed by atoms with van der Waals surface area (Å²) in [6.07, 6.45) is 1.81. The largest absolute Gasteiger partial charge is 0.494 e. The fourth-order valence-electron chi connectivity index (χ4n) is 2.75. The number of benzene rings is 2. The first-order chi connectivity index (χ1) is 12.6. The first-order valence-corrected chi connectivity index (χ1v) is 8.29. The predicted octanol–water partition coefficient (Wildman–Crippen LogP) is 3.44. The Kier molecular flexibility index (Phi) is 5.31. The van der Waals surface area contributed by atoms with Crippen LogP contribution in [0.25, 0.3) is 11.4 Å². The molecule has 0 radical (unpaired) electrons. The molecular formula is C20H20FN3O2. The van der Waals surface area contributed by atoms with E-state index in [2.05, 4.69) is 10.3 Å². The van der Waals surface area contributed by atoms with Gasteiger partial charge in [-0.05, 0) is 25.1 Å². The Morgan fingerprint density at radius 1 is 1.23 bits per heavy atom. The Bertz CT molecular complexity index is 907. The molecule has 2 aromatic carbocycles. The third-order valence-electron chi connectivity index (χ3n) is 4.12. The third kappa shape index (κ3) is 3.74. The zero-order valence-corrected chi connectivity index (χ0v) is 14.7. The Labute approximate surface area is 151 Å². The summed E-state index contributed by atoms with van der Waals surface area (Å²) in [6, 6.07) is 14.0. The second-order valence-corrected chi connectivity index (χ2v) is 5.85. The van der Waals surface area contributed by atoms with Crippen LogP contribution in [0.5, 0.6) is 5.75 Å². The highest BCUT2D eigenvalue weighted by atomic mass is 19.1. The van der Waals surface area contributed by atoms with Crippen molar-refractivity contribution in [1.29, 1.82) is 0 Å². The van der Waals surface area contributed by atoms with Crippen LogP contribution in [0.1, 0.15) is 16.1 Å². The first-order valence-electron chi connectivity index (χ1n) is 8.29. The third-order valence-corrected chi connectivity index (χ3v) is 4.12. The van der Waals surface area contributed by atoms with E-state index in [0.29, 0.717) is 13.1 Å². The Hall–Kier alpha value is -3.15. The minimum atomic E-state index is -0.558. The van der Waals surface area contributed by atoms with Crippen molar-refractivity contribution in [2.24, 2.45) is 0 Å². The number of aromatic nitrogens is 2. The van der Waals surface area contributed by atoms with Crippen LogP contribution in [0, 0.1) is 12.7 Å². The van der Waals surface area contributed by atoms with Gasteiger partial charge in [-0.2, -0.15) is 0 Å². The van der Waals surface area contributed by atoms with Crippen molar-refractivity contribution in [3.63, 3.8) is 0 Å². The van der Waals surface area contributed by atoms with Gasteiger partial charge in [0.1, 0.15) is 5.82 Å². The number of rotatable bonds is 6. The van der Waals surface area contributed by atoms with Crippen molar-refractivity contribution >= 4 is 5.91 Å². The van der Waals surface area contributed by atoms with Gasteiger partial charge in [0.15, 0.2) is 11.6 Å². The van der Waals surface area contributed by atoms with Crippen LogP contribution < -0.4 is 10.1 Å². The van der Waals surface area contributed by atoms with Gasteiger partial charge in [-0.1, -0.05) is 30.3 Å². The quantitative estimate of drug-likeness (QED) is 0.739. The van der Waals surface area contributed by atoms with E-state index in [-0.39, 0.29) is 17.2 Å². The maximum absolute atomic E-state index is 13.7. The van der Waals surface area contributed by atoms with Crippen LogP contribution in [-0.2, 0) is 6.54 Å². The van der Waals surface area contributed by atoms with Gasteiger partial charge in [-0.25, -0.2) is 9.37 Å². The van der Waals surface area contributed by atoms with E-state index >= 15 is 0 Å². The molecule has 0 aliphatic carbocycles. The molecule has 1 amide bonds. The SMILES string of the molecule is COc1ccc(C(=O)NCCn2c(C)cnc2-c2ccccc2)cc1F. The normalized spacial score (nSPS) is 10.6. The van der Waals surface area contributed by atoms with E-state index in [1.807, 2.05) is 48.0 Å². The second kappa shape index (κ2) is 7.82. The minimum Gasteiger partial charge on any atom is -0.494 e. The molecule has 0 fully saturated rings. The summed E-state index contributed by atoms with van der Waals surface area (Å²) in [5.41, 5.74) is 2.28. The van der Waals surface area contributed by atoms with Crippen LogP contribution in [0.2, 0.25) is 0 Å². The number of carbonyl (C=O) groups is 1. The van der Waals surface area contributed by atoms with E-state index in [1.54, 1.807) is 0 Å². The highest BCUT2D eigenvalue weighted by Gasteiger charge is 2.12. The molecule has 0 saturated heterocycles. The topological polar surface area (TPSA) is 56.1 Å². The Balaban J connectivity index is 1.66. The summed E-state index contributed by atoms with van der Waals surface area (Å²) in [7, 11) is 1.38. The molecule has 3 rings (SSSR count). The van der Waals surface area contributed by atoms with Gasteiger partial charge in [0.05, 0.1) is 7.11 Å². The molecule has 0 bridgehead atoms. The first kappa shape index (κ1) is 17.7. The van der Waals surface area contributed by atoms with Crippen LogP contribution in [0.15, 0.2) is 54.7 Å². The standard InChI is InChI=1S/C20H20FN3O2/c1-14-13-23-19(15-6-4-3-5-7-15)24(14)11-10-22-20(25)16-8-9-18(26-2)17(21)12-16/h3-9,12-13H,10-11H2,1-2H3,(H,22,25). The summed E-state index contributed by atoms with van der Waals surface area (Å²) in [4.78, 5) is 16.7. The zero-order valence-electron chi connectivity index (χ0n) is 14.7. The number of halogens is 1. The van der Waals surface area contributed by atoms with Gasteiger partial charge in [-0.3, -0.25) is 4.79 Å². The maximum atomic E-state index is 13.7. The van der Waals surface area contributed by atoms with Crippen LogP contribution in [0.4, 0.5) is 4.39 Å². The van der Waals surface area contributed by atoms with Crippen molar-refractivity contribution in [1.82, 2.24) is 14.9 Å². The number of ether oxygens (including phenoxy) is 1. The van der Waals surface area contributed by atoms with Crippen LogP contribution in [0.3, 0.4) is 0 Å². The highest BCUT2D eigenvalue weighted by Crippen LogP contribution is 2.19. The van der Waals surface area contributed by atoms with Gasteiger partial charge < -0.3 is 14.6 Å². The number of nitrogens with zero attached hydrogens (tertiary/aromatic N) is 2. The smallest absolute Gasteiger partial charge is 0.251 e. The maximum Gasteiger partial charge on any atom is 0.251 e. The minimum absolute atomic E-state index is 0.114. The molecule has 1 aromatic heterocycles. The van der Waals surface area contributed by atoms with E-state index in [4.69, 9.17) is 4.74 Å². The fraction of sp³-hybridized carbons (Fsp3) is 0.200. The number of aryl methyl sites for hydroxylation is 1. The number of nitrogens with one attached hydrogen (secondary N) is 1. The van der Waals surface area contributed by atoms with E-state index in [1.165, 1.54) is 25.3 Å². The van der Waals surface area contributed by atoms with Crippen LogP contribution in [-0.4, -0.2) is 29.1 Å². The summed E-state index contributed by atoms with van der Waals surface area (Å²) >= 11 is 0. The number of hydrogen-bond acceptors (Lipinski definition) is 3. The van der Waals surface area contributed by atoms with E-state index < -0.39 is 5.82 Å². The molecule has 1 N–H and O–H groups in total. The Morgan fingerprint density at radius 2 is 2.00 bits per heavy atom. The molecule has 0 aliphatic heterocycles. The predicted molar refractivity (Wildman–Crippen MR) is 97.7 cm³/mol. The molecule has 0 saturated carbocycles. The molecule has 6 heteroatoms. The molecule has 0 aliphatic rings. The molecule has 0 spiro atoms. The lowest BCUT2D eigenvalue weighted by atomic mass is 10.2. The number of methoxy groups -OCH3 is 1. The molecule has 0 atom stereocenters. The number of amides is 1. The highest BCUT2D eigenvalue weighted by molar-refractivity contribution is 5.94. The summed E-state index contributed by atoms with van der Waals surface area (Å²) in [6.45, 7) is 2.95. The van der Waals surface area contributed by atoms with Gasteiger partial charge in [0, 0.05) is 36.1 Å². The van der Waals surface area contributed by atoms with Gasteiger partial charge in [0.25, 0.3) is 5.91 Å². The number of hydrogen-bond donors (Lipinski definition) is 1. The van der Waals surface area contributed by atoms with Crippen molar-refractivity contribution in [2.45, 2.75) is 13.5 Å². The van der Waals surface area contributed by atoms with E-state index in [0.717, 1.165) is 17.1 Å². The van der Waals surface area contributed by atoms with Crippen molar-refractivity contribution in [2.75, 3.05) is 13.7 Å². The van der Waals surface area contributed by atoms with Gasteiger partial charge in [0.2, 0.25) is 0 Å². The molecule has 0 unspecified atom stereocenters. The van der Waals surface area contributed by atoms with Gasteiger partial charge >= 0.3 is 0 Å². The van der Waals surface area contributed by atoms with Crippen LogP contribution >= 0.6 is 0 Å². The Morgan fingerprint density at radius 3 is 2.69 bits per heavy atom. The van der Waals surface area contributed by atoms with Crippen molar-refractivity contribution < 1.29 is 13.9 Å². The number of carbonyl (C=O) groups excluding carboxylic acids is 1. The molecule has 1 heterocycles. The molecule has 26 heavy (non-hydrogen) atoms. The molecular weight excluding hydrogens is 333 g/mol. The lowest BCUT2D eigenvalue weighted by Gasteiger charge is -2.12. The monoisotopic (exact) mass is 353 g/mol. The average molecular weight is 353 g/mol. The van der Waals surface area contributed by atoms with Crippen molar-refractivity contribution in [3.05, 3.63) is 71.8 Å². The average Bonchev–Trinajstić information content (AvgIpc) is 3.03. The fourth-order valence-corrected chi connectivity index (χ4v) is 2.75. The second-order valence-electron chi connectivity index (χ2n) is 5.85. The summed E-state index contributed by atoms with van der Waals surface area (Å²) in [5.74, 6) is 0.0819. The zero-order chi connectivity index (χ0) is 18.5. The molecule has 3 aromatic rings. The lowest BCUT2D eigenvalue weighted by molar-refractivity contribution is 0.0951. The van der Waals surface area contributed by atoms with E-state index in [9.17, 15) is 9.18 Å². The molecule has 5 nitrogen and oxygen atoms in total. The summed E-state index contributed by atoms with van der Waals surface area (Å²) in [5, 5.41) is 2.81. The van der Waals surface area contributed by atoms with Crippen molar-refractivity contribution in [3.8, 4) is 17.1 Å². The number of imidazole rings is 1. The lowest BCUT2D eigenvalue weighted by Crippen LogP contribution is -2.27. The van der Waals surface area contributed by atoms with Gasteiger partial charge in [-0.15, -0.1) is 0 Å².